The number of amides is 1. The van der Waals surface area contributed by atoms with E-state index in [4.69, 9.17) is 11.1 Å². The van der Waals surface area contributed by atoms with Crippen molar-refractivity contribution < 1.29 is 4.79 Å². The van der Waals surface area contributed by atoms with E-state index in [0.717, 1.165) is 28.9 Å². The van der Waals surface area contributed by atoms with Crippen LogP contribution in [0.5, 0.6) is 0 Å². The molecule has 7 nitrogen and oxygen atoms in total. The molecule has 2 rings (SSSR count). The second kappa shape index (κ2) is 10.3. The highest BCUT2D eigenvalue weighted by Crippen LogP contribution is 2.34. The highest BCUT2D eigenvalue weighted by atomic mass is 16.1. The fourth-order valence-corrected chi connectivity index (χ4v) is 3.53. The van der Waals surface area contributed by atoms with E-state index >= 15 is 0 Å². The van der Waals surface area contributed by atoms with Crippen LogP contribution < -0.4 is 16.4 Å². The number of nitrogens with zero attached hydrogens (tertiary/aromatic N) is 2. The molecule has 1 aliphatic heterocycles. The minimum Gasteiger partial charge on any atom is -0.384 e. The molecule has 0 unspecified atom stereocenters. The molecule has 0 spiro atoms. The molecule has 2 atom stereocenters. The van der Waals surface area contributed by atoms with Gasteiger partial charge in [0, 0.05) is 30.8 Å². The second-order valence-corrected chi connectivity index (χ2v) is 6.89. The molecular weight excluding hydrogens is 364 g/mol. The molecule has 1 aromatic rings. The van der Waals surface area contributed by atoms with Crippen molar-refractivity contribution in [1.29, 1.82) is 5.41 Å². The third kappa shape index (κ3) is 5.34. The fourth-order valence-electron chi connectivity index (χ4n) is 3.53. The van der Waals surface area contributed by atoms with Crippen LogP contribution in [0.3, 0.4) is 0 Å². The summed E-state index contributed by atoms with van der Waals surface area (Å²) in [7, 11) is 1.91. The zero-order valence-corrected chi connectivity index (χ0v) is 17.1. The van der Waals surface area contributed by atoms with Gasteiger partial charge in [-0.15, -0.1) is 0 Å². The largest absolute Gasteiger partial charge is 0.384 e. The zero-order chi connectivity index (χ0) is 21.4. The molecule has 0 saturated heterocycles. The van der Waals surface area contributed by atoms with Crippen LogP contribution in [0.25, 0.3) is 5.70 Å². The lowest BCUT2D eigenvalue weighted by Crippen LogP contribution is -2.40. The lowest BCUT2D eigenvalue weighted by Gasteiger charge is -2.35. The molecule has 0 radical (unpaired) electrons. The maximum absolute atomic E-state index is 11.9. The first kappa shape index (κ1) is 21.9. The van der Waals surface area contributed by atoms with Gasteiger partial charge >= 0.3 is 0 Å². The van der Waals surface area contributed by atoms with Crippen LogP contribution in [0.4, 0.5) is 0 Å². The summed E-state index contributed by atoms with van der Waals surface area (Å²) in [5.41, 5.74) is 9.64. The van der Waals surface area contributed by atoms with Crippen LogP contribution in [-0.4, -0.2) is 37.0 Å². The number of fused-ring (bicyclic) bond motifs is 1. The Morgan fingerprint density at radius 3 is 2.86 bits per heavy atom. The molecule has 0 fully saturated rings. The number of carbonyl (C=O) groups excluding carboxylic acids is 1. The average molecular weight is 395 g/mol. The lowest BCUT2D eigenvalue weighted by atomic mass is 9.88. The number of nitrogens with two attached hydrogens (primary N) is 1. The lowest BCUT2D eigenvalue weighted by molar-refractivity contribution is -0.117. The van der Waals surface area contributed by atoms with Crippen molar-refractivity contribution in [3.8, 4) is 0 Å². The first-order valence-electron chi connectivity index (χ1n) is 9.63. The van der Waals surface area contributed by atoms with Gasteiger partial charge in [-0.05, 0) is 30.7 Å². The summed E-state index contributed by atoms with van der Waals surface area (Å²) in [5.74, 6) is 0.135. The van der Waals surface area contributed by atoms with Gasteiger partial charge in [-0.3, -0.25) is 4.79 Å². The normalized spacial score (nSPS) is 18.2. The van der Waals surface area contributed by atoms with Crippen molar-refractivity contribution in [2.75, 3.05) is 13.6 Å². The number of aliphatic imine (C=N–C) groups is 1. The first-order valence-corrected chi connectivity index (χ1v) is 9.63. The summed E-state index contributed by atoms with van der Waals surface area (Å²) in [6.07, 6.45) is 5.82. The third-order valence-corrected chi connectivity index (χ3v) is 4.91. The number of carbonyl (C=O) groups is 1. The summed E-state index contributed by atoms with van der Waals surface area (Å²) in [4.78, 5) is 17.9. The third-order valence-electron chi connectivity index (χ3n) is 4.91. The fraction of sp³-hybridized carbons (Fsp3) is 0.318. The minimum absolute atomic E-state index is 0.116. The molecule has 7 heteroatoms. The molecule has 5 N–H and O–H groups in total. The number of rotatable bonds is 9. The number of benzene rings is 1. The molecule has 154 valence electrons. The van der Waals surface area contributed by atoms with E-state index in [-0.39, 0.29) is 23.7 Å². The van der Waals surface area contributed by atoms with Gasteiger partial charge in [0.2, 0.25) is 5.91 Å². The van der Waals surface area contributed by atoms with E-state index in [1.54, 1.807) is 6.34 Å². The summed E-state index contributed by atoms with van der Waals surface area (Å²) >= 11 is 0. The zero-order valence-electron chi connectivity index (χ0n) is 17.1. The maximum atomic E-state index is 11.9. The Bertz CT molecular complexity index is 841. The molecule has 1 aromatic carbocycles. The smallest absolute Gasteiger partial charge is 0.243 e. The van der Waals surface area contributed by atoms with Crippen LogP contribution in [0, 0.1) is 11.3 Å². The average Bonchev–Trinajstić information content (AvgIpc) is 2.72. The van der Waals surface area contributed by atoms with E-state index in [2.05, 4.69) is 35.7 Å². The number of hydrogen-bond donors (Lipinski definition) is 4. The monoisotopic (exact) mass is 394 g/mol. The standard InChI is InChI=1S/C22H30N6O/c1-5-16(11-12-23)22(28(4)14-26-15(3)24)21-18-10-8-7-9-17(18)19(13-25-21)27-20(29)6-2/h6-10,12,14,16,19,23,25H,2-3,5,11,13,24H2,1,4H3,(H,27,29)/b22-21-,23-12?,26-14?/t16-,19+/m0/s1. The summed E-state index contributed by atoms with van der Waals surface area (Å²) in [6, 6.07) is 7.84. The maximum Gasteiger partial charge on any atom is 0.243 e. The van der Waals surface area contributed by atoms with Crippen LogP contribution in [0.2, 0.25) is 0 Å². The summed E-state index contributed by atoms with van der Waals surface area (Å²) in [6.45, 7) is 9.80. The van der Waals surface area contributed by atoms with Crippen LogP contribution in [-0.2, 0) is 4.79 Å². The Hall–Kier alpha value is -3.35. The van der Waals surface area contributed by atoms with E-state index in [0.29, 0.717) is 13.0 Å². The highest BCUT2D eigenvalue weighted by Gasteiger charge is 2.28. The van der Waals surface area contributed by atoms with Crippen molar-refractivity contribution >= 4 is 24.2 Å². The Kier molecular flexibility index (Phi) is 7.77. The summed E-state index contributed by atoms with van der Waals surface area (Å²) < 4.78 is 0. The van der Waals surface area contributed by atoms with E-state index < -0.39 is 0 Å². The molecule has 1 heterocycles. The van der Waals surface area contributed by atoms with Gasteiger partial charge in [0.05, 0.1) is 18.1 Å². The highest BCUT2D eigenvalue weighted by molar-refractivity contribution is 5.87. The van der Waals surface area contributed by atoms with Crippen molar-refractivity contribution in [2.45, 2.75) is 25.8 Å². The Morgan fingerprint density at radius 2 is 2.24 bits per heavy atom. The minimum atomic E-state index is -0.208. The van der Waals surface area contributed by atoms with Gasteiger partial charge < -0.3 is 26.7 Å². The van der Waals surface area contributed by atoms with Gasteiger partial charge in [0.1, 0.15) is 5.82 Å². The Labute approximate surface area is 172 Å². The number of hydrogen-bond acceptors (Lipinski definition) is 5. The number of allylic oxidation sites excluding steroid dienone is 1. The molecule has 0 saturated carbocycles. The quantitative estimate of drug-likeness (QED) is 0.293. The predicted molar refractivity (Wildman–Crippen MR) is 119 cm³/mol. The van der Waals surface area contributed by atoms with Gasteiger partial charge in [-0.25, -0.2) is 4.99 Å². The van der Waals surface area contributed by atoms with E-state index in [9.17, 15) is 4.79 Å². The van der Waals surface area contributed by atoms with Crippen molar-refractivity contribution in [1.82, 2.24) is 15.5 Å². The summed E-state index contributed by atoms with van der Waals surface area (Å²) in [5, 5.41) is 14.1. The molecule has 29 heavy (non-hydrogen) atoms. The molecule has 0 aliphatic carbocycles. The van der Waals surface area contributed by atoms with Crippen molar-refractivity contribution in [2.24, 2.45) is 16.6 Å². The Morgan fingerprint density at radius 1 is 1.52 bits per heavy atom. The SMILES string of the molecule is C=CC(=O)N[C@@H]1CN/C(=C(/[C@@H](CC)CC=N)N(C)C=NC(=C)N)c2ccccc21. The topological polar surface area (TPSA) is 107 Å². The molecule has 1 aliphatic rings. The van der Waals surface area contributed by atoms with Gasteiger partial charge in [-0.1, -0.05) is 44.3 Å². The molecule has 0 aromatic heterocycles. The van der Waals surface area contributed by atoms with Crippen molar-refractivity contribution in [3.63, 3.8) is 0 Å². The first-order chi connectivity index (χ1) is 13.9. The van der Waals surface area contributed by atoms with Crippen LogP contribution >= 0.6 is 0 Å². The van der Waals surface area contributed by atoms with Crippen LogP contribution in [0.1, 0.15) is 36.9 Å². The molecule has 1 amide bonds. The molecule has 0 bridgehead atoms. The number of nitrogens with one attached hydrogen (secondary N) is 3. The van der Waals surface area contributed by atoms with Gasteiger partial charge in [0.15, 0.2) is 0 Å². The van der Waals surface area contributed by atoms with Crippen LogP contribution in [0.15, 0.2) is 60.0 Å². The van der Waals surface area contributed by atoms with Gasteiger partial charge in [0.25, 0.3) is 0 Å². The predicted octanol–water partition coefficient (Wildman–Crippen LogP) is 2.76. The van der Waals surface area contributed by atoms with Crippen molar-refractivity contribution in [3.05, 3.63) is 66.1 Å². The van der Waals surface area contributed by atoms with E-state index in [1.807, 2.05) is 36.2 Å². The second-order valence-electron chi connectivity index (χ2n) is 6.89. The Balaban J connectivity index is 2.60. The molecular formula is C22H30N6O. The van der Waals surface area contributed by atoms with Gasteiger partial charge in [-0.2, -0.15) is 0 Å². The van der Waals surface area contributed by atoms with E-state index in [1.165, 1.54) is 12.3 Å².